The van der Waals surface area contributed by atoms with Crippen molar-refractivity contribution in [1.82, 2.24) is 0 Å². The molecule has 0 aliphatic carbocycles. The van der Waals surface area contributed by atoms with Crippen molar-refractivity contribution in [1.29, 1.82) is 0 Å². The number of hydrogen-bond acceptors (Lipinski definition) is 3. The van der Waals surface area contributed by atoms with Gasteiger partial charge < -0.3 is 15.6 Å². The smallest absolute Gasteiger partial charge is 0.123 e. The molecule has 70 valence electrons. The second-order valence-corrected chi connectivity index (χ2v) is 3.26. The average molecular weight is 179 g/mol. The first-order chi connectivity index (χ1) is 6.33. The van der Waals surface area contributed by atoms with Crippen molar-refractivity contribution in [3.05, 3.63) is 29.8 Å². The maximum absolute atomic E-state index is 9.61. The molecule has 2 unspecified atom stereocenters. The van der Waals surface area contributed by atoms with Gasteiger partial charge in [0.05, 0.1) is 6.10 Å². The molecule has 3 nitrogen and oxygen atoms in total. The van der Waals surface area contributed by atoms with E-state index >= 15 is 0 Å². The third kappa shape index (κ3) is 1.41. The van der Waals surface area contributed by atoms with Gasteiger partial charge in [-0.3, -0.25) is 0 Å². The molecule has 1 aromatic rings. The standard InChI is InChI=1S/C10H13NO2/c11-5-8-7-3-1-2-4-10(7)13-6-9(8)12/h1-4,8-9,12H,5-6,11H2. The van der Waals surface area contributed by atoms with Gasteiger partial charge in [0.15, 0.2) is 0 Å². The summed E-state index contributed by atoms with van der Waals surface area (Å²) in [5.41, 5.74) is 6.61. The lowest BCUT2D eigenvalue weighted by molar-refractivity contribution is 0.0685. The van der Waals surface area contributed by atoms with Crippen LogP contribution >= 0.6 is 0 Å². The zero-order valence-electron chi connectivity index (χ0n) is 7.31. The van der Waals surface area contributed by atoms with Crippen LogP contribution in [0.5, 0.6) is 5.75 Å². The lowest BCUT2D eigenvalue weighted by Crippen LogP contribution is -2.34. The Kier molecular flexibility index (Phi) is 2.20. The fourth-order valence-electron chi connectivity index (χ4n) is 1.70. The second-order valence-electron chi connectivity index (χ2n) is 3.26. The predicted molar refractivity (Wildman–Crippen MR) is 49.7 cm³/mol. The van der Waals surface area contributed by atoms with Gasteiger partial charge in [-0.15, -0.1) is 0 Å². The summed E-state index contributed by atoms with van der Waals surface area (Å²) in [5, 5.41) is 9.61. The van der Waals surface area contributed by atoms with Crippen LogP contribution in [0.4, 0.5) is 0 Å². The van der Waals surface area contributed by atoms with Crippen LogP contribution in [-0.2, 0) is 0 Å². The predicted octanol–water partition coefficient (Wildman–Crippen LogP) is 0.482. The highest BCUT2D eigenvalue weighted by Crippen LogP contribution is 2.32. The summed E-state index contributed by atoms with van der Waals surface area (Å²) < 4.78 is 5.36. The first-order valence-corrected chi connectivity index (χ1v) is 4.43. The van der Waals surface area contributed by atoms with Crippen molar-refractivity contribution in [3.63, 3.8) is 0 Å². The molecule has 2 rings (SSSR count). The molecule has 0 amide bonds. The molecule has 1 aromatic carbocycles. The van der Waals surface area contributed by atoms with Gasteiger partial charge in [-0.25, -0.2) is 0 Å². The van der Waals surface area contributed by atoms with E-state index in [1.807, 2.05) is 24.3 Å². The van der Waals surface area contributed by atoms with Gasteiger partial charge in [-0.2, -0.15) is 0 Å². The fourth-order valence-corrected chi connectivity index (χ4v) is 1.70. The number of ether oxygens (including phenoxy) is 1. The Balaban J connectivity index is 2.39. The van der Waals surface area contributed by atoms with E-state index in [-0.39, 0.29) is 5.92 Å². The normalized spacial score (nSPS) is 26.3. The molecule has 0 spiro atoms. The van der Waals surface area contributed by atoms with E-state index in [1.165, 1.54) is 0 Å². The van der Waals surface area contributed by atoms with Crippen LogP contribution in [0.2, 0.25) is 0 Å². The molecule has 3 heteroatoms. The molecule has 1 aliphatic heterocycles. The van der Waals surface area contributed by atoms with Gasteiger partial charge in [0, 0.05) is 18.0 Å². The van der Waals surface area contributed by atoms with Crippen molar-refractivity contribution in [2.24, 2.45) is 5.73 Å². The minimum atomic E-state index is -0.472. The molecule has 3 N–H and O–H groups in total. The lowest BCUT2D eigenvalue weighted by Gasteiger charge is -2.29. The van der Waals surface area contributed by atoms with Crippen LogP contribution in [0.15, 0.2) is 24.3 Å². The summed E-state index contributed by atoms with van der Waals surface area (Å²) in [6.45, 7) is 0.806. The number of hydrogen-bond donors (Lipinski definition) is 2. The lowest BCUT2D eigenvalue weighted by atomic mass is 9.91. The Morgan fingerprint density at radius 1 is 1.46 bits per heavy atom. The summed E-state index contributed by atoms with van der Waals surface area (Å²) in [6.07, 6.45) is -0.472. The zero-order valence-corrected chi connectivity index (χ0v) is 7.31. The average Bonchev–Trinajstić information content (AvgIpc) is 2.18. The van der Waals surface area contributed by atoms with Crippen molar-refractivity contribution >= 4 is 0 Å². The number of aliphatic hydroxyl groups excluding tert-OH is 1. The van der Waals surface area contributed by atoms with E-state index in [0.29, 0.717) is 13.2 Å². The highest BCUT2D eigenvalue weighted by Gasteiger charge is 2.27. The van der Waals surface area contributed by atoms with Crippen molar-refractivity contribution in [2.45, 2.75) is 12.0 Å². The fraction of sp³-hybridized carbons (Fsp3) is 0.400. The van der Waals surface area contributed by atoms with Gasteiger partial charge in [-0.1, -0.05) is 18.2 Å². The number of nitrogens with two attached hydrogens (primary N) is 1. The Bertz CT molecular complexity index is 301. The molecule has 1 heterocycles. The van der Waals surface area contributed by atoms with Crippen LogP contribution < -0.4 is 10.5 Å². The summed E-state index contributed by atoms with van der Waals surface area (Å²) in [6, 6.07) is 7.71. The van der Waals surface area contributed by atoms with Gasteiger partial charge in [0.25, 0.3) is 0 Å². The Morgan fingerprint density at radius 2 is 2.23 bits per heavy atom. The van der Waals surface area contributed by atoms with Crippen LogP contribution in [0.1, 0.15) is 11.5 Å². The molecule has 13 heavy (non-hydrogen) atoms. The third-order valence-corrected chi connectivity index (χ3v) is 2.45. The molecular weight excluding hydrogens is 166 g/mol. The first-order valence-electron chi connectivity index (χ1n) is 4.43. The molecule has 2 atom stereocenters. The van der Waals surface area contributed by atoms with E-state index in [2.05, 4.69) is 0 Å². The number of benzene rings is 1. The van der Waals surface area contributed by atoms with Crippen LogP contribution in [0.3, 0.4) is 0 Å². The van der Waals surface area contributed by atoms with Crippen molar-refractivity contribution < 1.29 is 9.84 Å². The minimum absolute atomic E-state index is 0.0185. The van der Waals surface area contributed by atoms with Crippen LogP contribution in [0, 0.1) is 0 Å². The van der Waals surface area contributed by atoms with Gasteiger partial charge in [-0.05, 0) is 6.07 Å². The number of aliphatic hydroxyl groups is 1. The Labute approximate surface area is 77.1 Å². The molecule has 0 bridgehead atoms. The Hall–Kier alpha value is -1.06. The minimum Gasteiger partial charge on any atom is -0.491 e. The summed E-state index contributed by atoms with van der Waals surface area (Å²) in [4.78, 5) is 0. The topological polar surface area (TPSA) is 55.5 Å². The maximum atomic E-state index is 9.61. The number of para-hydroxylation sites is 1. The number of fused-ring (bicyclic) bond motifs is 1. The van der Waals surface area contributed by atoms with Gasteiger partial charge >= 0.3 is 0 Å². The molecule has 0 aromatic heterocycles. The van der Waals surface area contributed by atoms with Crippen molar-refractivity contribution in [2.75, 3.05) is 13.2 Å². The van der Waals surface area contributed by atoms with Gasteiger partial charge in [0.1, 0.15) is 12.4 Å². The highest BCUT2D eigenvalue weighted by atomic mass is 16.5. The zero-order chi connectivity index (χ0) is 9.26. The van der Waals surface area contributed by atoms with Gasteiger partial charge in [0.2, 0.25) is 0 Å². The van der Waals surface area contributed by atoms with E-state index < -0.39 is 6.10 Å². The maximum Gasteiger partial charge on any atom is 0.123 e. The summed E-state index contributed by atoms with van der Waals surface area (Å²) in [7, 11) is 0. The largest absolute Gasteiger partial charge is 0.491 e. The highest BCUT2D eigenvalue weighted by molar-refractivity contribution is 5.38. The Morgan fingerprint density at radius 3 is 3.00 bits per heavy atom. The number of rotatable bonds is 1. The molecule has 0 radical (unpaired) electrons. The van der Waals surface area contributed by atoms with Crippen LogP contribution in [0.25, 0.3) is 0 Å². The molecule has 0 saturated heterocycles. The van der Waals surface area contributed by atoms with E-state index in [1.54, 1.807) is 0 Å². The monoisotopic (exact) mass is 179 g/mol. The van der Waals surface area contributed by atoms with E-state index in [4.69, 9.17) is 10.5 Å². The van der Waals surface area contributed by atoms with E-state index in [0.717, 1.165) is 11.3 Å². The molecule has 1 aliphatic rings. The summed E-state index contributed by atoms with van der Waals surface area (Å²) in [5.74, 6) is 0.869. The molecule has 0 fully saturated rings. The second kappa shape index (κ2) is 3.36. The molecular formula is C10H13NO2. The summed E-state index contributed by atoms with van der Waals surface area (Å²) >= 11 is 0. The van der Waals surface area contributed by atoms with Crippen LogP contribution in [-0.4, -0.2) is 24.4 Å². The van der Waals surface area contributed by atoms with E-state index in [9.17, 15) is 5.11 Å². The first kappa shape index (κ1) is 8.53. The quantitative estimate of drug-likeness (QED) is 0.659. The third-order valence-electron chi connectivity index (χ3n) is 2.45. The molecule has 0 saturated carbocycles. The van der Waals surface area contributed by atoms with Crippen molar-refractivity contribution in [3.8, 4) is 5.75 Å². The SMILES string of the molecule is NCC1c2ccccc2OCC1O.